The van der Waals surface area contributed by atoms with Gasteiger partial charge in [0.05, 0.1) is 17.4 Å². The summed E-state index contributed by atoms with van der Waals surface area (Å²) in [4.78, 5) is 0. The van der Waals surface area contributed by atoms with E-state index < -0.39 is 11.0 Å². The number of unbranched alkanes of at least 4 members (excludes halogenated alkanes) is 1. The van der Waals surface area contributed by atoms with E-state index in [1.807, 2.05) is 0 Å². The van der Waals surface area contributed by atoms with E-state index >= 15 is 4.39 Å². The number of fused-ring (bicyclic) bond motifs is 5. The number of aromatic nitrogens is 2. The van der Waals surface area contributed by atoms with E-state index in [0.717, 1.165) is 49.7 Å². The first kappa shape index (κ1) is 28.6. The van der Waals surface area contributed by atoms with Gasteiger partial charge in [0.25, 0.3) is 5.54 Å². The van der Waals surface area contributed by atoms with Gasteiger partial charge in [-0.1, -0.05) is 70.9 Å². The zero-order chi connectivity index (χ0) is 31.5. The van der Waals surface area contributed by atoms with Gasteiger partial charge in [-0.15, -0.1) is 0 Å². The lowest BCUT2D eigenvalue weighted by Gasteiger charge is -2.49. The molecule has 2 aliphatic heterocycles. The number of aryl methyl sites for hydroxylation is 3. The molecule has 1 unspecified atom stereocenters. The van der Waals surface area contributed by atoms with Crippen LogP contribution in [0.3, 0.4) is 0 Å². The zero-order valence-corrected chi connectivity index (χ0v) is 27.9. The molecule has 3 heteroatoms. The fraction of sp³-hybridized carbons (Fsp3) is 0.381. The van der Waals surface area contributed by atoms with E-state index in [0.29, 0.717) is 0 Å². The van der Waals surface area contributed by atoms with Crippen molar-refractivity contribution in [1.82, 2.24) is 0 Å². The fourth-order valence-electron chi connectivity index (χ4n) is 9.84. The predicted octanol–water partition coefficient (Wildman–Crippen LogP) is 9.32. The van der Waals surface area contributed by atoms with Gasteiger partial charge in [-0.05, 0) is 72.5 Å². The van der Waals surface area contributed by atoms with Crippen LogP contribution in [0.25, 0.3) is 33.3 Å². The minimum atomic E-state index is -0.480. The predicted molar refractivity (Wildman–Crippen MR) is 181 cm³/mol. The number of hydrogen-bond donors (Lipinski definition) is 0. The van der Waals surface area contributed by atoms with E-state index in [1.54, 1.807) is 6.07 Å². The molecule has 0 saturated carbocycles. The molecular formula is C42H45FN2+2. The van der Waals surface area contributed by atoms with Gasteiger partial charge in [0.15, 0.2) is 12.4 Å². The van der Waals surface area contributed by atoms with Crippen molar-refractivity contribution in [2.24, 2.45) is 0 Å². The summed E-state index contributed by atoms with van der Waals surface area (Å²) >= 11 is 0. The number of halogens is 1. The molecule has 4 heterocycles. The summed E-state index contributed by atoms with van der Waals surface area (Å²) in [6, 6.07) is 22.7. The highest BCUT2D eigenvalue weighted by molar-refractivity contribution is 6.01. The van der Waals surface area contributed by atoms with Crippen LogP contribution in [0, 0.1) is 19.7 Å². The van der Waals surface area contributed by atoms with Crippen LogP contribution >= 0.6 is 0 Å². The Balaban J connectivity index is 1.57. The van der Waals surface area contributed by atoms with Gasteiger partial charge in [-0.25, -0.2) is 4.39 Å². The third kappa shape index (κ3) is 3.45. The van der Waals surface area contributed by atoms with Crippen molar-refractivity contribution in [2.45, 2.75) is 103 Å². The lowest BCUT2D eigenvalue weighted by atomic mass is 9.57. The zero-order valence-electron chi connectivity index (χ0n) is 27.9. The van der Waals surface area contributed by atoms with Crippen molar-refractivity contribution in [3.05, 3.63) is 118 Å². The molecule has 3 aliphatic rings. The molecule has 0 N–H and O–H groups in total. The first-order valence-corrected chi connectivity index (χ1v) is 17.1. The summed E-state index contributed by atoms with van der Waals surface area (Å²) in [5, 5.41) is 2.59. The number of rotatable bonds is 5. The third-order valence-electron chi connectivity index (χ3n) is 12.0. The van der Waals surface area contributed by atoms with Crippen LogP contribution in [0.15, 0.2) is 73.1 Å². The van der Waals surface area contributed by atoms with Crippen LogP contribution in [0.5, 0.6) is 0 Å². The largest absolute Gasteiger partial charge is 0.262 e. The van der Waals surface area contributed by atoms with Crippen molar-refractivity contribution in [1.29, 1.82) is 0 Å². The minimum absolute atomic E-state index is 0.0940. The van der Waals surface area contributed by atoms with Crippen LogP contribution < -0.4 is 9.13 Å². The molecule has 1 aliphatic carbocycles. The molecule has 3 aromatic carbocycles. The van der Waals surface area contributed by atoms with Crippen LogP contribution in [0.1, 0.15) is 99.2 Å². The second kappa shape index (κ2) is 9.58. The molecule has 228 valence electrons. The Labute approximate surface area is 267 Å². The number of pyridine rings is 2. The molecule has 0 radical (unpaired) electrons. The Bertz CT molecular complexity index is 2060. The highest BCUT2D eigenvalue weighted by Crippen LogP contribution is 2.59. The Morgan fingerprint density at radius 1 is 0.800 bits per heavy atom. The second-order valence-electron chi connectivity index (χ2n) is 14.6. The van der Waals surface area contributed by atoms with E-state index in [9.17, 15) is 0 Å². The molecule has 0 bridgehead atoms. The second-order valence-corrected chi connectivity index (χ2v) is 14.6. The Morgan fingerprint density at radius 3 is 2.31 bits per heavy atom. The monoisotopic (exact) mass is 596 g/mol. The maximum absolute atomic E-state index is 16.6. The molecular weight excluding hydrogens is 551 g/mol. The molecule has 5 aromatic rings. The highest BCUT2D eigenvalue weighted by Gasteiger charge is 2.71. The van der Waals surface area contributed by atoms with Crippen molar-refractivity contribution in [3.8, 4) is 22.5 Å². The number of benzene rings is 3. The summed E-state index contributed by atoms with van der Waals surface area (Å²) in [6.07, 6.45) is 10.8. The van der Waals surface area contributed by atoms with Gasteiger partial charge in [0, 0.05) is 53.1 Å². The molecule has 0 saturated heterocycles. The third-order valence-corrected chi connectivity index (χ3v) is 12.0. The number of hydrogen-bond acceptors (Lipinski definition) is 0. The molecule has 2 aromatic heterocycles. The fourth-order valence-corrected chi connectivity index (χ4v) is 9.84. The molecule has 0 amide bonds. The van der Waals surface area contributed by atoms with Gasteiger partial charge in [0.2, 0.25) is 16.9 Å². The normalized spacial score (nSPS) is 19.5. The van der Waals surface area contributed by atoms with Crippen molar-refractivity contribution in [3.63, 3.8) is 0 Å². The molecule has 1 spiro atoms. The minimum Gasteiger partial charge on any atom is -0.207 e. The van der Waals surface area contributed by atoms with E-state index in [-0.39, 0.29) is 11.4 Å². The van der Waals surface area contributed by atoms with Crippen molar-refractivity contribution in [2.75, 3.05) is 0 Å². The molecule has 2 nitrogen and oxygen atoms in total. The lowest BCUT2D eigenvalue weighted by Crippen LogP contribution is -2.81. The van der Waals surface area contributed by atoms with E-state index in [4.69, 9.17) is 0 Å². The summed E-state index contributed by atoms with van der Waals surface area (Å²) in [5.74, 6) is -0.0940. The van der Waals surface area contributed by atoms with Gasteiger partial charge < -0.3 is 0 Å². The maximum Gasteiger partial charge on any atom is 0.262 e. The first-order valence-electron chi connectivity index (χ1n) is 17.1. The number of nitrogens with zero attached hydrogens (tertiary/aromatic N) is 2. The van der Waals surface area contributed by atoms with Gasteiger partial charge in [-0.3, -0.25) is 0 Å². The van der Waals surface area contributed by atoms with E-state index in [1.165, 1.54) is 61.1 Å². The quantitative estimate of drug-likeness (QED) is 0.179. The average Bonchev–Trinajstić information content (AvgIpc) is 3.03. The average molecular weight is 597 g/mol. The van der Waals surface area contributed by atoms with Crippen LogP contribution in [0.2, 0.25) is 0 Å². The van der Waals surface area contributed by atoms with Gasteiger partial charge >= 0.3 is 0 Å². The van der Waals surface area contributed by atoms with Gasteiger partial charge in [-0.2, -0.15) is 9.13 Å². The van der Waals surface area contributed by atoms with Crippen LogP contribution in [-0.4, -0.2) is 0 Å². The molecule has 45 heavy (non-hydrogen) atoms. The summed E-state index contributed by atoms with van der Waals surface area (Å²) < 4.78 is 21.8. The Kier molecular flexibility index (Phi) is 6.09. The standard InChI is InChI=1S/C42H45FN2/c1-8-11-12-28-23-29-18-20-45-39-36(29)33(24-28)40(6,7)38-34(43)16-15-32(37(38)39)42(41(45,9-2)10-3)25-30-14-13-26(4)21-31(30)35-22-27(5)17-19-44(35)42/h13-24H,8-12,25H2,1-7H3/q+2. The summed E-state index contributed by atoms with van der Waals surface area (Å²) in [6.45, 7) is 15.9. The molecule has 0 fully saturated rings. The Morgan fingerprint density at radius 2 is 1.56 bits per heavy atom. The van der Waals surface area contributed by atoms with Crippen molar-refractivity contribution < 1.29 is 13.5 Å². The van der Waals surface area contributed by atoms with Crippen LogP contribution in [-0.2, 0) is 29.3 Å². The summed E-state index contributed by atoms with van der Waals surface area (Å²) in [5.41, 5.74) is 12.3. The molecule has 8 rings (SSSR count). The SMILES string of the molecule is CCCCc1cc2c3c4[n+](ccc3c1)C(CC)(CC)C1(Cc3ccc(C)cc3-c3cc(C)cc[n+]31)c1ccc(F)c(c1-4)C2(C)C. The molecule has 1 atom stereocenters. The van der Waals surface area contributed by atoms with Gasteiger partial charge in [0.1, 0.15) is 5.82 Å². The lowest BCUT2D eigenvalue weighted by molar-refractivity contribution is -0.867. The smallest absolute Gasteiger partial charge is 0.207 e. The highest BCUT2D eigenvalue weighted by atomic mass is 19.1. The Hall–Kier alpha value is -3.85. The van der Waals surface area contributed by atoms with E-state index in [2.05, 4.69) is 125 Å². The van der Waals surface area contributed by atoms with Crippen molar-refractivity contribution >= 4 is 10.8 Å². The topological polar surface area (TPSA) is 7.76 Å². The maximum atomic E-state index is 16.6. The van der Waals surface area contributed by atoms with Crippen LogP contribution in [0.4, 0.5) is 4.39 Å². The first-order chi connectivity index (χ1) is 21.6. The summed E-state index contributed by atoms with van der Waals surface area (Å²) in [7, 11) is 0.